The largest absolute Gasteiger partial charge is 0.468 e. The van der Waals surface area contributed by atoms with Gasteiger partial charge in [-0.1, -0.05) is 11.8 Å². The molecule has 0 spiro atoms. The number of carbonyl (C=O) groups excluding carboxylic acids is 1. The molecule has 1 rings (SSSR count). The van der Waals surface area contributed by atoms with E-state index in [1.54, 1.807) is 11.7 Å². The molecule has 1 heterocycles. The van der Waals surface area contributed by atoms with Crippen LogP contribution in [0, 0.1) is 0 Å². The third-order valence-corrected chi connectivity index (χ3v) is 3.01. The zero-order valence-corrected chi connectivity index (χ0v) is 9.74. The maximum Gasteiger partial charge on any atom is 0.323 e. The number of nitrogens with one attached hydrogen (secondary N) is 1. The van der Waals surface area contributed by atoms with Crippen LogP contribution in [0.5, 0.6) is 0 Å². The lowest BCUT2D eigenvalue weighted by atomic mass is 10.3. The van der Waals surface area contributed by atoms with Crippen LogP contribution in [0.2, 0.25) is 0 Å². The fourth-order valence-electron chi connectivity index (χ4n) is 0.986. The van der Waals surface area contributed by atoms with E-state index in [-0.39, 0.29) is 12.0 Å². The average Bonchev–Trinajstić information content (AvgIpc) is 2.65. The van der Waals surface area contributed by atoms with Crippen LogP contribution in [0.15, 0.2) is 11.5 Å². The van der Waals surface area contributed by atoms with Crippen LogP contribution in [0.4, 0.5) is 0 Å². The van der Waals surface area contributed by atoms with Gasteiger partial charge in [0, 0.05) is 12.8 Å². The van der Waals surface area contributed by atoms with Gasteiger partial charge in [0.1, 0.15) is 12.4 Å². The van der Waals surface area contributed by atoms with Gasteiger partial charge in [0.05, 0.1) is 7.11 Å². The number of nitrogens with zero attached hydrogens (tertiary/aromatic N) is 3. The SMILES string of the molecule is CNC(CSc1ncnn1C)C(=O)OC. The Kier molecular flexibility index (Phi) is 4.57. The third kappa shape index (κ3) is 3.21. The molecule has 0 aliphatic carbocycles. The van der Waals surface area contributed by atoms with Crippen molar-refractivity contribution in [1.29, 1.82) is 0 Å². The van der Waals surface area contributed by atoms with Gasteiger partial charge in [-0.2, -0.15) is 5.10 Å². The first-order valence-corrected chi connectivity index (χ1v) is 5.39. The number of hydrogen-bond donors (Lipinski definition) is 1. The van der Waals surface area contributed by atoms with E-state index in [1.807, 2.05) is 7.05 Å². The third-order valence-electron chi connectivity index (χ3n) is 1.88. The normalized spacial score (nSPS) is 12.5. The van der Waals surface area contributed by atoms with E-state index in [2.05, 4.69) is 20.1 Å². The Hall–Kier alpha value is -1.08. The van der Waals surface area contributed by atoms with Crippen molar-refractivity contribution in [2.75, 3.05) is 19.9 Å². The summed E-state index contributed by atoms with van der Waals surface area (Å²) in [7, 11) is 4.90. The highest BCUT2D eigenvalue weighted by atomic mass is 32.2. The van der Waals surface area contributed by atoms with Crippen molar-refractivity contribution in [1.82, 2.24) is 20.1 Å². The van der Waals surface area contributed by atoms with Gasteiger partial charge in [0.15, 0.2) is 5.16 Å². The standard InChI is InChI=1S/C8H14N4O2S/c1-9-6(7(13)14-3)4-15-8-10-5-11-12(8)2/h5-6,9H,4H2,1-3H3. The topological polar surface area (TPSA) is 69.0 Å². The first kappa shape index (κ1) is 12.0. The molecular formula is C8H14N4O2S. The van der Waals surface area contributed by atoms with Gasteiger partial charge >= 0.3 is 5.97 Å². The molecule has 1 aromatic rings. The molecule has 0 amide bonds. The van der Waals surface area contributed by atoms with E-state index < -0.39 is 0 Å². The van der Waals surface area contributed by atoms with Crippen LogP contribution < -0.4 is 5.32 Å². The molecule has 1 atom stereocenters. The molecule has 0 aliphatic rings. The van der Waals surface area contributed by atoms with E-state index in [4.69, 9.17) is 0 Å². The number of ether oxygens (including phenoxy) is 1. The van der Waals surface area contributed by atoms with Gasteiger partial charge in [0.25, 0.3) is 0 Å². The monoisotopic (exact) mass is 230 g/mol. The highest BCUT2D eigenvalue weighted by Gasteiger charge is 2.17. The van der Waals surface area contributed by atoms with Crippen molar-refractivity contribution in [3.8, 4) is 0 Å². The number of hydrogen-bond acceptors (Lipinski definition) is 6. The number of rotatable bonds is 5. The summed E-state index contributed by atoms with van der Waals surface area (Å²) in [4.78, 5) is 15.3. The quantitative estimate of drug-likeness (QED) is 0.551. The summed E-state index contributed by atoms with van der Waals surface area (Å²) in [5.74, 6) is 0.294. The van der Waals surface area contributed by atoms with E-state index >= 15 is 0 Å². The lowest BCUT2D eigenvalue weighted by Gasteiger charge is -2.12. The minimum atomic E-state index is -0.322. The van der Waals surface area contributed by atoms with Gasteiger partial charge < -0.3 is 10.1 Å². The first-order valence-electron chi connectivity index (χ1n) is 4.41. The molecule has 0 bridgehead atoms. The first-order chi connectivity index (χ1) is 7.19. The average molecular weight is 230 g/mol. The number of methoxy groups -OCH3 is 1. The van der Waals surface area contributed by atoms with Crippen molar-refractivity contribution >= 4 is 17.7 Å². The van der Waals surface area contributed by atoms with Crippen LogP contribution in [0.3, 0.4) is 0 Å². The van der Waals surface area contributed by atoms with Crippen LogP contribution >= 0.6 is 11.8 Å². The molecule has 7 heteroatoms. The predicted octanol–water partition coefficient (Wildman–Crippen LogP) is -0.332. The van der Waals surface area contributed by atoms with Crippen molar-refractivity contribution in [2.45, 2.75) is 11.2 Å². The Morgan fingerprint density at radius 1 is 1.80 bits per heavy atom. The van der Waals surface area contributed by atoms with Crippen molar-refractivity contribution in [3.05, 3.63) is 6.33 Å². The molecular weight excluding hydrogens is 216 g/mol. The second kappa shape index (κ2) is 5.72. The lowest BCUT2D eigenvalue weighted by molar-refractivity contribution is -0.142. The molecule has 0 saturated carbocycles. The predicted molar refractivity (Wildman–Crippen MR) is 56.6 cm³/mol. The molecule has 6 nitrogen and oxygen atoms in total. The van der Waals surface area contributed by atoms with Crippen molar-refractivity contribution in [3.63, 3.8) is 0 Å². The summed E-state index contributed by atoms with van der Waals surface area (Å²) in [6, 6.07) is -0.322. The van der Waals surface area contributed by atoms with Crippen molar-refractivity contribution < 1.29 is 9.53 Å². The Bertz CT molecular complexity index is 328. The molecule has 1 N–H and O–H groups in total. The van der Waals surface area contributed by atoms with E-state index in [9.17, 15) is 4.79 Å². The van der Waals surface area contributed by atoms with Gasteiger partial charge in [-0.25, -0.2) is 9.67 Å². The number of aromatic nitrogens is 3. The summed E-state index contributed by atoms with van der Waals surface area (Å²) in [6.07, 6.45) is 1.48. The summed E-state index contributed by atoms with van der Waals surface area (Å²) in [5.41, 5.74) is 0. The molecule has 0 radical (unpaired) electrons. The summed E-state index contributed by atoms with van der Waals surface area (Å²) < 4.78 is 6.31. The number of thioether (sulfide) groups is 1. The van der Waals surface area contributed by atoms with Gasteiger partial charge in [-0.3, -0.25) is 4.79 Å². The second-order valence-corrected chi connectivity index (χ2v) is 3.83. The Morgan fingerprint density at radius 2 is 2.53 bits per heavy atom. The van der Waals surface area contributed by atoms with Crippen LogP contribution in [-0.2, 0) is 16.6 Å². The summed E-state index contributed by atoms with van der Waals surface area (Å²) in [5, 5.41) is 7.59. The number of carbonyl (C=O) groups is 1. The van der Waals surface area contributed by atoms with E-state index in [0.717, 1.165) is 5.16 Å². The zero-order chi connectivity index (χ0) is 11.3. The molecule has 15 heavy (non-hydrogen) atoms. The highest BCUT2D eigenvalue weighted by molar-refractivity contribution is 7.99. The number of likely N-dealkylation sites (N-methyl/N-ethyl adjacent to an activating group) is 1. The van der Waals surface area contributed by atoms with Gasteiger partial charge in [0.2, 0.25) is 0 Å². The Labute approximate surface area is 92.4 Å². The number of aryl methyl sites for hydroxylation is 1. The number of esters is 1. The zero-order valence-electron chi connectivity index (χ0n) is 8.93. The maximum atomic E-state index is 11.2. The van der Waals surface area contributed by atoms with Crippen LogP contribution in [-0.4, -0.2) is 46.7 Å². The smallest absolute Gasteiger partial charge is 0.323 e. The lowest BCUT2D eigenvalue weighted by Crippen LogP contribution is -2.37. The molecule has 1 unspecified atom stereocenters. The van der Waals surface area contributed by atoms with Crippen LogP contribution in [0.1, 0.15) is 0 Å². The molecule has 1 aromatic heterocycles. The van der Waals surface area contributed by atoms with E-state index in [1.165, 1.54) is 25.2 Å². The summed E-state index contributed by atoms with van der Waals surface area (Å²) in [6.45, 7) is 0. The Balaban J connectivity index is 2.48. The fraction of sp³-hybridized carbons (Fsp3) is 0.625. The van der Waals surface area contributed by atoms with Crippen LogP contribution in [0.25, 0.3) is 0 Å². The summed E-state index contributed by atoms with van der Waals surface area (Å²) >= 11 is 1.46. The maximum absolute atomic E-state index is 11.2. The molecule has 0 fully saturated rings. The minimum absolute atomic E-state index is 0.271. The highest BCUT2D eigenvalue weighted by Crippen LogP contribution is 2.14. The van der Waals surface area contributed by atoms with Crippen molar-refractivity contribution in [2.24, 2.45) is 7.05 Å². The Morgan fingerprint density at radius 3 is 3.00 bits per heavy atom. The minimum Gasteiger partial charge on any atom is -0.468 e. The fourth-order valence-corrected chi connectivity index (χ4v) is 1.96. The van der Waals surface area contributed by atoms with Gasteiger partial charge in [-0.15, -0.1) is 0 Å². The molecule has 0 saturated heterocycles. The molecule has 0 aromatic carbocycles. The molecule has 84 valence electrons. The second-order valence-electron chi connectivity index (χ2n) is 2.84. The van der Waals surface area contributed by atoms with E-state index in [0.29, 0.717) is 5.75 Å². The molecule has 0 aliphatic heterocycles. The van der Waals surface area contributed by atoms with Gasteiger partial charge in [-0.05, 0) is 7.05 Å².